The van der Waals surface area contributed by atoms with Gasteiger partial charge < -0.3 is 10.5 Å². The molecule has 1 aromatic carbocycles. The van der Waals surface area contributed by atoms with Gasteiger partial charge in [0.1, 0.15) is 12.4 Å². The molecule has 2 nitrogen and oxygen atoms in total. The highest BCUT2D eigenvalue weighted by Crippen LogP contribution is 2.13. The van der Waals surface area contributed by atoms with E-state index in [1.165, 1.54) is 0 Å². The predicted molar refractivity (Wildman–Crippen MR) is 55.7 cm³/mol. The van der Waals surface area contributed by atoms with Crippen molar-refractivity contribution in [3.8, 4) is 5.75 Å². The first-order valence-corrected chi connectivity index (χ1v) is 4.42. The Bertz CT molecular complexity index is 281. The molecule has 0 radical (unpaired) electrons. The van der Waals surface area contributed by atoms with E-state index in [-0.39, 0.29) is 0 Å². The first kappa shape index (κ1) is 9.81. The Morgan fingerprint density at radius 3 is 3.00 bits per heavy atom. The minimum Gasteiger partial charge on any atom is -0.492 e. The number of hydrogen-bond acceptors (Lipinski definition) is 2. The van der Waals surface area contributed by atoms with Crippen LogP contribution in [0.1, 0.15) is 12.5 Å². The Kier molecular flexibility index (Phi) is 4.06. The summed E-state index contributed by atoms with van der Waals surface area (Å²) in [5, 5.41) is 0. The summed E-state index contributed by atoms with van der Waals surface area (Å²) >= 11 is 0. The highest BCUT2D eigenvalue weighted by Gasteiger charge is 1.92. The third-order valence-electron chi connectivity index (χ3n) is 1.60. The number of nitrogens with two attached hydrogens (primary N) is 1. The molecule has 0 aliphatic carbocycles. The maximum Gasteiger partial charge on any atom is 0.119 e. The van der Waals surface area contributed by atoms with Crippen molar-refractivity contribution in [1.82, 2.24) is 0 Å². The highest BCUT2D eigenvalue weighted by molar-refractivity contribution is 5.51. The number of allylic oxidation sites excluding steroid dienone is 1. The molecular formula is C11H15NO. The third-order valence-corrected chi connectivity index (χ3v) is 1.60. The van der Waals surface area contributed by atoms with Gasteiger partial charge in [-0.25, -0.2) is 0 Å². The zero-order valence-electron chi connectivity index (χ0n) is 7.86. The second-order valence-electron chi connectivity index (χ2n) is 2.71. The van der Waals surface area contributed by atoms with Gasteiger partial charge in [0, 0.05) is 6.54 Å². The standard InChI is InChI=1S/C11H15NO/c1-2-4-10-5-3-6-11(9-10)13-8-7-12/h2-6,9H,7-8,12H2,1H3/b4-2+. The first-order chi connectivity index (χ1) is 6.36. The lowest BCUT2D eigenvalue weighted by Crippen LogP contribution is -2.10. The molecule has 0 unspecified atom stereocenters. The SMILES string of the molecule is C/C=C/c1cccc(OCCN)c1. The fraction of sp³-hybridized carbons (Fsp3) is 0.273. The lowest BCUT2D eigenvalue weighted by atomic mass is 10.2. The molecule has 0 bridgehead atoms. The number of rotatable bonds is 4. The Morgan fingerprint density at radius 2 is 2.31 bits per heavy atom. The van der Waals surface area contributed by atoms with Crippen LogP contribution in [0.5, 0.6) is 5.75 Å². The van der Waals surface area contributed by atoms with Crippen molar-refractivity contribution in [3.05, 3.63) is 35.9 Å². The van der Waals surface area contributed by atoms with Crippen LogP contribution in [-0.2, 0) is 0 Å². The van der Waals surface area contributed by atoms with E-state index >= 15 is 0 Å². The lowest BCUT2D eigenvalue weighted by Gasteiger charge is -2.04. The summed E-state index contributed by atoms with van der Waals surface area (Å²) in [6, 6.07) is 7.94. The molecule has 0 saturated carbocycles. The number of hydrogen-bond donors (Lipinski definition) is 1. The quantitative estimate of drug-likeness (QED) is 0.764. The summed E-state index contributed by atoms with van der Waals surface area (Å²) < 4.78 is 5.38. The molecule has 0 aliphatic rings. The van der Waals surface area contributed by atoms with Crippen LogP contribution in [0.15, 0.2) is 30.3 Å². The maximum atomic E-state index is 5.38. The van der Waals surface area contributed by atoms with Gasteiger partial charge in [-0.3, -0.25) is 0 Å². The van der Waals surface area contributed by atoms with Gasteiger partial charge in [0.2, 0.25) is 0 Å². The Balaban J connectivity index is 2.67. The van der Waals surface area contributed by atoms with Crippen molar-refractivity contribution in [2.45, 2.75) is 6.92 Å². The summed E-state index contributed by atoms with van der Waals surface area (Å²) in [6.45, 7) is 3.11. The van der Waals surface area contributed by atoms with Crippen LogP contribution < -0.4 is 10.5 Å². The molecule has 1 rings (SSSR count). The van der Waals surface area contributed by atoms with E-state index in [0.717, 1.165) is 11.3 Å². The molecule has 70 valence electrons. The van der Waals surface area contributed by atoms with Crippen molar-refractivity contribution >= 4 is 6.08 Å². The molecule has 2 heteroatoms. The van der Waals surface area contributed by atoms with Gasteiger partial charge in [-0.15, -0.1) is 0 Å². The van der Waals surface area contributed by atoms with Crippen LogP contribution in [0.25, 0.3) is 6.08 Å². The normalized spacial score (nSPS) is 10.6. The average Bonchev–Trinajstić information content (AvgIpc) is 2.16. The van der Waals surface area contributed by atoms with Crippen molar-refractivity contribution in [2.75, 3.05) is 13.2 Å². The highest BCUT2D eigenvalue weighted by atomic mass is 16.5. The van der Waals surface area contributed by atoms with Gasteiger partial charge in [-0.05, 0) is 24.6 Å². The minimum atomic E-state index is 0.549. The van der Waals surface area contributed by atoms with Gasteiger partial charge >= 0.3 is 0 Å². The van der Waals surface area contributed by atoms with Gasteiger partial charge in [0.05, 0.1) is 0 Å². The van der Waals surface area contributed by atoms with E-state index in [0.29, 0.717) is 13.2 Å². The molecule has 0 atom stereocenters. The van der Waals surface area contributed by atoms with Gasteiger partial charge in [0.15, 0.2) is 0 Å². The van der Waals surface area contributed by atoms with Crippen LogP contribution in [0.3, 0.4) is 0 Å². The molecule has 13 heavy (non-hydrogen) atoms. The van der Waals surface area contributed by atoms with E-state index in [4.69, 9.17) is 10.5 Å². The van der Waals surface area contributed by atoms with Crippen molar-refractivity contribution in [1.29, 1.82) is 0 Å². The Hall–Kier alpha value is -1.28. The smallest absolute Gasteiger partial charge is 0.119 e. The van der Waals surface area contributed by atoms with E-state index in [9.17, 15) is 0 Å². The van der Waals surface area contributed by atoms with E-state index in [1.54, 1.807) is 0 Å². The third kappa shape index (κ3) is 3.30. The van der Waals surface area contributed by atoms with Crippen LogP contribution in [0.4, 0.5) is 0 Å². The summed E-state index contributed by atoms with van der Waals surface area (Å²) in [5.74, 6) is 0.876. The molecule has 0 heterocycles. The molecule has 0 saturated heterocycles. The minimum absolute atomic E-state index is 0.549. The average molecular weight is 177 g/mol. The monoisotopic (exact) mass is 177 g/mol. The molecular weight excluding hydrogens is 162 g/mol. The Labute approximate surface area is 79.0 Å². The maximum absolute atomic E-state index is 5.38. The molecule has 2 N–H and O–H groups in total. The fourth-order valence-corrected chi connectivity index (χ4v) is 1.08. The predicted octanol–water partition coefficient (Wildman–Crippen LogP) is 2.06. The second kappa shape index (κ2) is 5.38. The zero-order chi connectivity index (χ0) is 9.52. The Morgan fingerprint density at radius 1 is 1.46 bits per heavy atom. The van der Waals surface area contributed by atoms with E-state index in [2.05, 4.69) is 0 Å². The fourth-order valence-electron chi connectivity index (χ4n) is 1.08. The van der Waals surface area contributed by atoms with Crippen LogP contribution in [-0.4, -0.2) is 13.2 Å². The van der Waals surface area contributed by atoms with Crippen LogP contribution >= 0.6 is 0 Å². The molecule has 0 aromatic heterocycles. The van der Waals surface area contributed by atoms with Crippen molar-refractivity contribution in [2.24, 2.45) is 5.73 Å². The summed E-state index contributed by atoms with van der Waals surface area (Å²) in [6.07, 6.45) is 4.04. The second-order valence-corrected chi connectivity index (χ2v) is 2.71. The largest absolute Gasteiger partial charge is 0.492 e. The molecule has 0 spiro atoms. The summed E-state index contributed by atoms with van der Waals surface area (Å²) in [4.78, 5) is 0. The molecule has 1 aromatic rings. The lowest BCUT2D eigenvalue weighted by molar-refractivity contribution is 0.328. The summed E-state index contributed by atoms with van der Waals surface area (Å²) in [7, 11) is 0. The number of ether oxygens (including phenoxy) is 1. The first-order valence-electron chi connectivity index (χ1n) is 4.42. The van der Waals surface area contributed by atoms with Crippen LogP contribution in [0, 0.1) is 0 Å². The topological polar surface area (TPSA) is 35.2 Å². The molecule has 0 amide bonds. The van der Waals surface area contributed by atoms with Crippen LogP contribution in [0.2, 0.25) is 0 Å². The number of benzene rings is 1. The van der Waals surface area contributed by atoms with Crippen molar-refractivity contribution < 1.29 is 4.74 Å². The van der Waals surface area contributed by atoms with E-state index < -0.39 is 0 Å². The zero-order valence-corrected chi connectivity index (χ0v) is 7.86. The van der Waals surface area contributed by atoms with E-state index in [1.807, 2.05) is 43.3 Å². The van der Waals surface area contributed by atoms with Crippen molar-refractivity contribution in [3.63, 3.8) is 0 Å². The van der Waals surface area contributed by atoms with Gasteiger partial charge in [-0.2, -0.15) is 0 Å². The molecule has 0 fully saturated rings. The summed E-state index contributed by atoms with van der Waals surface area (Å²) in [5.41, 5.74) is 6.48. The molecule has 0 aliphatic heterocycles. The van der Waals surface area contributed by atoms with Gasteiger partial charge in [0.25, 0.3) is 0 Å². The van der Waals surface area contributed by atoms with Gasteiger partial charge in [-0.1, -0.05) is 24.3 Å².